The maximum absolute atomic E-state index is 11.2. The second kappa shape index (κ2) is 3.40. The largest absolute Gasteiger partial charge is 0.300 e. The van der Waals surface area contributed by atoms with Gasteiger partial charge >= 0.3 is 0 Å². The molecule has 0 radical (unpaired) electrons. The van der Waals surface area contributed by atoms with E-state index in [1.54, 1.807) is 11.3 Å². The number of thiophene rings is 1. The maximum atomic E-state index is 11.2. The molecule has 1 aliphatic rings. The molecule has 1 saturated carbocycles. The van der Waals surface area contributed by atoms with Crippen molar-refractivity contribution in [3.05, 3.63) is 22.4 Å². The van der Waals surface area contributed by atoms with Gasteiger partial charge in [0.2, 0.25) is 0 Å². The zero-order valence-corrected chi connectivity index (χ0v) is 7.77. The van der Waals surface area contributed by atoms with Crippen molar-refractivity contribution in [2.45, 2.75) is 31.6 Å². The smallest absolute Gasteiger partial charge is 0.133 e. The first-order valence-corrected chi connectivity index (χ1v) is 5.29. The number of carbonyl (C=O) groups is 1. The molecular weight excluding hydrogens is 168 g/mol. The Labute approximate surface area is 76.4 Å². The van der Waals surface area contributed by atoms with E-state index in [0.717, 1.165) is 19.3 Å². The number of ketones is 1. The Balaban J connectivity index is 2.09. The molecule has 2 heteroatoms. The molecular formula is C10H12OS. The highest BCUT2D eigenvalue weighted by atomic mass is 32.1. The first kappa shape index (κ1) is 7.99. The average Bonchev–Trinajstić information content (AvgIpc) is 2.56. The topological polar surface area (TPSA) is 17.1 Å². The van der Waals surface area contributed by atoms with Crippen LogP contribution in [0.15, 0.2) is 17.5 Å². The predicted molar refractivity (Wildman–Crippen MR) is 50.5 cm³/mol. The Morgan fingerprint density at radius 1 is 1.50 bits per heavy atom. The molecule has 0 N–H and O–H groups in total. The van der Waals surface area contributed by atoms with Crippen LogP contribution in [0, 0.1) is 0 Å². The zero-order valence-electron chi connectivity index (χ0n) is 6.95. The molecule has 1 aromatic rings. The van der Waals surface area contributed by atoms with Gasteiger partial charge in [0.1, 0.15) is 5.78 Å². The molecule has 1 aromatic heterocycles. The van der Waals surface area contributed by atoms with Crippen molar-refractivity contribution in [3.63, 3.8) is 0 Å². The summed E-state index contributed by atoms with van der Waals surface area (Å²) in [6.07, 6.45) is 3.87. The van der Waals surface area contributed by atoms with Gasteiger partial charge in [-0.25, -0.2) is 0 Å². The van der Waals surface area contributed by atoms with Gasteiger partial charge in [-0.3, -0.25) is 4.79 Å². The summed E-state index contributed by atoms with van der Waals surface area (Å²) in [5.41, 5.74) is 0. The van der Waals surface area contributed by atoms with Gasteiger partial charge in [-0.1, -0.05) is 6.07 Å². The summed E-state index contributed by atoms with van der Waals surface area (Å²) < 4.78 is 0. The number of Topliss-reactive ketones (excluding diaryl/α,β-unsaturated/α-hetero) is 1. The molecule has 0 aromatic carbocycles. The van der Waals surface area contributed by atoms with Gasteiger partial charge in [-0.15, -0.1) is 11.3 Å². The lowest BCUT2D eigenvalue weighted by atomic mass is 9.87. The molecule has 1 fully saturated rings. The molecule has 0 saturated heterocycles. The lowest BCUT2D eigenvalue weighted by Gasteiger charge is -2.18. The van der Waals surface area contributed by atoms with Crippen LogP contribution in [-0.2, 0) is 4.79 Å². The Kier molecular flexibility index (Phi) is 2.26. The van der Waals surface area contributed by atoms with Crippen LogP contribution in [0.25, 0.3) is 0 Å². The van der Waals surface area contributed by atoms with Gasteiger partial charge in [-0.05, 0) is 24.3 Å². The van der Waals surface area contributed by atoms with Crippen LogP contribution >= 0.6 is 11.3 Å². The molecule has 64 valence electrons. The molecule has 1 heterocycles. The zero-order chi connectivity index (χ0) is 8.39. The number of hydrogen-bond acceptors (Lipinski definition) is 2. The molecule has 1 aliphatic carbocycles. The summed E-state index contributed by atoms with van der Waals surface area (Å²) in [6.45, 7) is 0. The maximum Gasteiger partial charge on any atom is 0.133 e. The van der Waals surface area contributed by atoms with Gasteiger partial charge in [0, 0.05) is 23.6 Å². The monoisotopic (exact) mass is 180 g/mol. The summed E-state index contributed by atoms with van der Waals surface area (Å²) in [5.74, 6) is 0.978. The van der Waals surface area contributed by atoms with Crippen molar-refractivity contribution in [1.29, 1.82) is 0 Å². The van der Waals surface area contributed by atoms with E-state index in [0.29, 0.717) is 11.7 Å². The molecule has 12 heavy (non-hydrogen) atoms. The van der Waals surface area contributed by atoms with E-state index in [-0.39, 0.29) is 0 Å². The highest BCUT2D eigenvalue weighted by Crippen LogP contribution is 2.33. The van der Waals surface area contributed by atoms with Crippen LogP contribution < -0.4 is 0 Å². The van der Waals surface area contributed by atoms with Gasteiger partial charge in [0.05, 0.1) is 0 Å². The molecule has 0 bridgehead atoms. The molecule has 0 spiro atoms. The normalized spacial score (nSPS) is 24.3. The van der Waals surface area contributed by atoms with Gasteiger partial charge in [0.25, 0.3) is 0 Å². The summed E-state index contributed by atoms with van der Waals surface area (Å²) >= 11 is 1.78. The minimum absolute atomic E-state index is 0.444. The third-order valence-corrected chi connectivity index (χ3v) is 3.46. The van der Waals surface area contributed by atoms with Gasteiger partial charge in [0.15, 0.2) is 0 Å². The van der Waals surface area contributed by atoms with E-state index in [4.69, 9.17) is 0 Å². The minimum atomic E-state index is 0.444. The van der Waals surface area contributed by atoms with Crippen molar-refractivity contribution in [2.75, 3.05) is 0 Å². The van der Waals surface area contributed by atoms with Crippen LogP contribution in [0.4, 0.5) is 0 Å². The third kappa shape index (κ3) is 1.58. The standard InChI is InChI=1S/C10H12OS/c11-9-4-1-3-8(7-9)10-5-2-6-12-10/h2,5-6,8H,1,3-4,7H2. The van der Waals surface area contributed by atoms with Crippen molar-refractivity contribution >= 4 is 17.1 Å². The summed E-state index contributed by atoms with van der Waals surface area (Å²) in [6, 6.07) is 4.22. The van der Waals surface area contributed by atoms with Crippen LogP contribution in [0.5, 0.6) is 0 Å². The van der Waals surface area contributed by atoms with Crippen LogP contribution in [0.1, 0.15) is 36.5 Å². The highest BCUT2D eigenvalue weighted by molar-refractivity contribution is 7.10. The quantitative estimate of drug-likeness (QED) is 0.649. The number of rotatable bonds is 1. The molecule has 1 atom stereocenters. The SMILES string of the molecule is O=C1CCCC(c2cccs2)C1. The van der Waals surface area contributed by atoms with E-state index >= 15 is 0 Å². The van der Waals surface area contributed by atoms with Crippen LogP contribution in [0.3, 0.4) is 0 Å². The van der Waals surface area contributed by atoms with E-state index < -0.39 is 0 Å². The minimum Gasteiger partial charge on any atom is -0.300 e. The van der Waals surface area contributed by atoms with E-state index in [1.807, 2.05) is 0 Å². The fourth-order valence-electron chi connectivity index (χ4n) is 1.79. The summed E-state index contributed by atoms with van der Waals surface area (Å²) in [4.78, 5) is 12.6. The van der Waals surface area contributed by atoms with Crippen molar-refractivity contribution in [2.24, 2.45) is 0 Å². The Morgan fingerprint density at radius 2 is 2.42 bits per heavy atom. The first-order chi connectivity index (χ1) is 5.86. The van der Waals surface area contributed by atoms with Crippen molar-refractivity contribution in [1.82, 2.24) is 0 Å². The first-order valence-electron chi connectivity index (χ1n) is 4.41. The average molecular weight is 180 g/mol. The van der Waals surface area contributed by atoms with Crippen molar-refractivity contribution in [3.8, 4) is 0 Å². The second-order valence-electron chi connectivity index (χ2n) is 3.35. The summed E-state index contributed by atoms with van der Waals surface area (Å²) in [7, 11) is 0. The molecule has 2 rings (SSSR count). The Bertz CT molecular complexity index is 263. The van der Waals surface area contributed by atoms with Crippen LogP contribution in [0.2, 0.25) is 0 Å². The fraction of sp³-hybridized carbons (Fsp3) is 0.500. The lowest BCUT2D eigenvalue weighted by molar-refractivity contribution is -0.120. The van der Waals surface area contributed by atoms with Crippen LogP contribution in [-0.4, -0.2) is 5.78 Å². The fourth-order valence-corrected chi connectivity index (χ4v) is 2.66. The Hall–Kier alpha value is -0.630. The predicted octanol–water partition coefficient (Wildman–Crippen LogP) is 2.97. The van der Waals surface area contributed by atoms with Gasteiger partial charge < -0.3 is 0 Å². The lowest BCUT2D eigenvalue weighted by Crippen LogP contribution is -2.12. The van der Waals surface area contributed by atoms with E-state index in [2.05, 4.69) is 17.5 Å². The van der Waals surface area contributed by atoms with Crippen molar-refractivity contribution < 1.29 is 4.79 Å². The highest BCUT2D eigenvalue weighted by Gasteiger charge is 2.21. The number of hydrogen-bond donors (Lipinski definition) is 0. The van der Waals surface area contributed by atoms with Gasteiger partial charge in [-0.2, -0.15) is 0 Å². The van der Waals surface area contributed by atoms with E-state index in [9.17, 15) is 4.79 Å². The molecule has 1 unspecified atom stereocenters. The molecule has 0 amide bonds. The number of carbonyl (C=O) groups excluding carboxylic acids is 1. The van der Waals surface area contributed by atoms with E-state index in [1.165, 1.54) is 11.3 Å². The second-order valence-corrected chi connectivity index (χ2v) is 4.33. The summed E-state index contributed by atoms with van der Waals surface area (Å²) in [5, 5.41) is 2.09. The Morgan fingerprint density at radius 3 is 3.08 bits per heavy atom. The molecule has 0 aliphatic heterocycles. The third-order valence-electron chi connectivity index (χ3n) is 2.43. The molecule has 1 nitrogen and oxygen atoms in total.